The second-order valence-corrected chi connectivity index (χ2v) is 3.88. The predicted molar refractivity (Wildman–Crippen MR) is 65.1 cm³/mol. The summed E-state index contributed by atoms with van der Waals surface area (Å²) in [5.74, 6) is 0. The molecular formula is C14H12Cl. The van der Waals surface area contributed by atoms with E-state index in [1.165, 1.54) is 11.1 Å². The second-order valence-electron chi connectivity index (χ2n) is 3.48. The van der Waals surface area contributed by atoms with Crippen molar-refractivity contribution in [3.63, 3.8) is 0 Å². The Morgan fingerprint density at radius 2 is 1.67 bits per heavy atom. The van der Waals surface area contributed by atoms with Gasteiger partial charge in [0.1, 0.15) is 0 Å². The highest BCUT2D eigenvalue weighted by molar-refractivity contribution is 6.30. The van der Waals surface area contributed by atoms with Crippen LogP contribution in [0.4, 0.5) is 0 Å². The summed E-state index contributed by atoms with van der Waals surface area (Å²) in [4.78, 5) is 0. The number of hydrogen-bond donors (Lipinski definition) is 0. The Kier molecular flexibility index (Phi) is 3.08. The molecule has 1 radical (unpaired) electrons. The maximum atomic E-state index is 5.79. The normalized spacial score (nSPS) is 10.3. The molecule has 0 bridgehead atoms. The second kappa shape index (κ2) is 4.50. The first-order valence-corrected chi connectivity index (χ1v) is 5.44. The highest BCUT2D eigenvalue weighted by atomic mass is 35.5. The predicted octanol–water partition coefficient (Wildman–Crippen LogP) is 4.37. The summed E-state index contributed by atoms with van der Waals surface area (Å²) in [6.07, 6.45) is 1.08. The van der Waals surface area contributed by atoms with Crippen molar-refractivity contribution >= 4 is 11.6 Å². The fourth-order valence-corrected chi connectivity index (χ4v) is 1.64. The van der Waals surface area contributed by atoms with Gasteiger partial charge in [-0.05, 0) is 35.2 Å². The molecule has 0 aliphatic carbocycles. The highest BCUT2D eigenvalue weighted by Crippen LogP contribution is 2.21. The average molecular weight is 216 g/mol. The largest absolute Gasteiger partial charge is 0.0837 e. The topological polar surface area (TPSA) is 0 Å². The lowest BCUT2D eigenvalue weighted by Gasteiger charge is -2.02. The molecule has 75 valence electrons. The minimum atomic E-state index is 0.656. The first kappa shape index (κ1) is 10.3. The first-order valence-electron chi connectivity index (χ1n) is 5.06. The van der Waals surface area contributed by atoms with Gasteiger partial charge in [-0.2, -0.15) is 0 Å². The SMILES string of the molecule is CCc1ccc(-c2c[c]c(Cl)cc2)cc1. The molecule has 2 aromatic rings. The van der Waals surface area contributed by atoms with E-state index < -0.39 is 0 Å². The van der Waals surface area contributed by atoms with E-state index in [9.17, 15) is 0 Å². The summed E-state index contributed by atoms with van der Waals surface area (Å²) < 4.78 is 0. The van der Waals surface area contributed by atoms with Crippen LogP contribution in [-0.2, 0) is 6.42 Å². The van der Waals surface area contributed by atoms with E-state index in [1.54, 1.807) is 0 Å². The molecule has 0 heterocycles. The highest BCUT2D eigenvalue weighted by Gasteiger charge is 1.97. The molecule has 0 unspecified atom stereocenters. The maximum absolute atomic E-state index is 5.79. The molecule has 0 atom stereocenters. The molecule has 0 saturated heterocycles. The van der Waals surface area contributed by atoms with Gasteiger partial charge in [0.05, 0.1) is 0 Å². The van der Waals surface area contributed by atoms with Gasteiger partial charge in [0, 0.05) is 11.1 Å². The number of benzene rings is 2. The van der Waals surface area contributed by atoms with E-state index >= 15 is 0 Å². The Bertz CT molecular complexity index is 426. The molecule has 0 amide bonds. The number of aryl methyl sites for hydroxylation is 1. The molecule has 0 aromatic heterocycles. The Balaban J connectivity index is 2.33. The van der Waals surface area contributed by atoms with Crippen LogP contribution in [0.1, 0.15) is 12.5 Å². The fourth-order valence-electron chi connectivity index (χ4n) is 1.52. The van der Waals surface area contributed by atoms with Crippen molar-refractivity contribution < 1.29 is 0 Å². The summed E-state index contributed by atoms with van der Waals surface area (Å²) in [5, 5.41) is 0.656. The summed E-state index contributed by atoms with van der Waals surface area (Å²) >= 11 is 5.79. The van der Waals surface area contributed by atoms with Crippen LogP contribution in [0.3, 0.4) is 0 Å². The van der Waals surface area contributed by atoms with Crippen LogP contribution >= 0.6 is 11.6 Å². The zero-order valence-corrected chi connectivity index (χ0v) is 9.38. The van der Waals surface area contributed by atoms with Crippen LogP contribution in [0.2, 0.25) is 5.02 Å². The first-order chi connectivity index (χ1) is 7.29. The van der Waals surface area contributed by atoms with Crippen LogP contribution < -0.4 is 0 Å². The standard InChI is InChI=1S/C14H12Cl/c1-2-11-3-5-12(6-4-11)13-7-9-14(15)10-8-13/h3-9H,2H2,1H3. The van der Waals surface area contributed by atoms with Crippen LogP contribution in [0.15, 0.2) is 42.5 Å². The van der Waals surface area contributed by atoms with E-state index in [1.807, 2.05) is 18.2 Å². The van der Waals surface area contributed by atoms with E-state index in [-0.39, 0.29) is 0 Å². The van der Waals surface area contributed by atoms with E-state index in [0.717, 1.165) is 12.0 Å². The lowest BCUT2D eigenvalue weighted by Crippen LogP contribution is -1.81. The maximum Gasteiger partial charge on any atom is 0.0485 e. The Hall–Kier alpha value is -1.27. The van der Waals surface area contributed by atoms with Crippen molar-refractivity contribution in [1.29, 1.82) is 0 Å². The number of rotatable bonds is 2. The third-order valence-corrected chi connectivity index (χ3v) is 2.71. The smallest absolute Gasteiger partial charge is 0.0485 e. The Morgan fingerprint density at radius 1 is 1.00 bits per heavy atom. The van der Waals surface area contributed by atoms with Gasteiger partial charge in [-0.15, -0.1) is 0 Å². The molecule has 2 aromatic carbocycles. The van der Waals surface area contributed by atoms with Gasteiger partial charge in [-0.3, -0.25) is 0 Å². The van der Waals surface area contributed by atoms with Gasteiger partial charge in [0.25, 0.3) is 0 Å². The van der Waals surface area contributed by atoms with Crippen molar-refractivity contribution in [3.8, 4) is 11.1 Å². The minimum Gasteiger partial charge on any atom is -0.0837 e. The Labute approximate surface area is 95.5 Å². The molecule has 0 saturated carbocycles. The quantitative estimate of drug-likeness (QED) is 0.698. The van der Waals surface area contributed by atoms with Gasteiger partial charge in [0.2, 0.25) is 0 Å². The lowest BCUT2D eigenvalue weighted by molar-refractivity contribution is 1.14. The Morgan fingerprint density at radius 3 is 2.20 bits per heavy atom. The van der Waals surface area contributed by atoms with Crippen LogP contribution in [0, 0.1) is 6.07 Å². The van der Waals surface area contributed by atoms with Gasteiger partial charge in [-0.1, -0.05) is 48.9 Å². The summed E-state index contributed by atoms with van der Waals surface area (Å²) in [5.41, 5.74) is 3.72. The third-order valence-electron chi connectivity index (χ3n) is 2.47. The number of halogens is 1. The molecule has 2 rings (SSSR count). The summed E-state index contributed by atoms with van der Waals surface area (Å²) in [6, 6.07) is 17.4. The van der Waals surface area contributed by atoms with Crippen molar-refractivity contribution in [2.45, 2.75) is 13.3 Å². The molecule has 0 nitrogen and oxygen atoms in total. The fraction of sp³-hybridized carbons (Fsp3) is 0.143. The molecule has 0 N–H and O–H groups in total. The van der Waals surface area contributed by atoms with Crippen molar-refractivity contribution in [1.82, 2.24) is 0 Å². The van der Waals surface area contributed by atoms with Gasteiger partial charge < -0.3 is 0 Å². The van der Waals surface area contributed by atoms with Gasteiger partial charge >= 0.3 is 0 Å². The zero-order valence-electron chi connectivity index (χ0n) is 8.63. The molecule has 0 aliphatic rings. The average Bonchev–Trinajstić information content (AvgIpc) is 2.30. The van der Waals surface area contributed by atoms with Crippen molar-refractivity contribution in [3.05, 3.63) is 59.1 Å². The monoisotopic (exact) mass is 215 g/mol. The minimum absolute atomic E-state index is 0.656. The van der Waals surface area contributed by atoms with Crippen LogP contribution in [-0.4, -0.2) is 0 Å². The molecule has 15 heavy (non-hydrogen) atoms. The molecular weight excluding hydrogens is 204 g/mol. The molecule has 0 aliphatic heterocycles. The van der Waals surface area contributed by atoms with E-state index in [0.29, 0.717) is 5.02 Å². The van der Waals surface area contributed by atoms with Crippen molar-refractivity contribution in [2.75, 3.05) is 0 Å². The molecule has 1 heteroatoms. The zero-order chi connectivity index (χ0) is 10.7. The van der Waals surface area contributed by atoms with Gasteiger partial charge in [0.15, 0.2) is 0 Å². The van der Waals surface area contributed by atoms with Crippen LogP contribution in [0.5, 0.6) is 0 Å². The number of hydrogen-bond acceptors (Lipinski definition) is 0. The van der Waals surface area contributed by atoms with Crippen LogP contribution in [0.25, 0.3) is 11.1 Å². The van der Waals surface area contributed by atoms with E-state index in [2.05, 4.69) is 37.3 Å². The summed E-state index contributed by atoms with van der Waals surface area (Å²) in [6.45, 7) is 2.16. The van der Waals surface area contributed by atoms with Gasteiger partial charge in [-0.25, -0.2) is 0 Å². The van der Waals surface area contributed by atoms with Crippen molar-refractivity contribution in [2.24, 2.45) is 0 Å². The summed E-state index contributed by atoms with van der Waals surface area (Å²) in [7, 11) is 0. The molecule has 0 fully saturated rings. The van der Waals surface area contributed by atoms with E-state index in [4.69, 9.17) is 11.6 Å². The lowest BCUT2D eigenvalue weighted by atomic mass is 10.0. The third kappa shape index (κ3) is 2.40. The molecule has 0 spiro atoms.